The lowest BCUT2D eigenvalue weighted by atomic mass is 9.79. The highest BCUT2D eigenvalue weighted by molar-refractivity contribution is 6.13. The Balaban J connectivity index is 1.21. The number of benzene rings is 6. The summed E-state index contributed by atoms with van der Waals surface area (Å²) in [6.07, 6.45) is 1.92. The molecule has 0 atom stereocenters. The van der Waals surface area contributed by atoms with Gasteiger partial charge in [-0.05, 0) is 124 Å². The molecule has 3 aromatic heterocycles. The summed E-state index contributed by atoms with van der Waals surface area (Å²) in [5.74, 6) is 0.203. The standard InChI is InChI=1S/C55H49N3O/c1-35-26-39(48-31-36(24-25-56-48)44-20-15-21-46-45-18-11-13-22-51(45)58(53(44)46)43-16-9-8-10-17-43)28-40(27-35)49-32-38(33-50(57-49)47-19-12-14-23-52(47)59)37-29-41(54(2,3)4)34-42(30-37)55(5,6)7/h8-34,59H,1-7H3. The zero-order valence-corrected chi connectivity index (χ0v) is 34.9. The van der Waals surface area contributed by atoms with Crippen LogP contribution in [0.1, 0.15) is 58.2 Å². The van der Waals surface area contributed by atoms with Crippen molar-refractivity contribution < 1.29 is 5.11 Å². The van der Waals surface area contributed by atoms with Crippen LogP contribution in [-0.4, -0.2) is 19.6 Å². The van der Waals surface area contributed by atoms with Crippen molar-refractivity contribution >= 4 is 21.8 Å². The molecule has 6 aromatic carbocycles. The van der Waals surface area contributed by atoms with Crippen LogP contribution in [0.25, 0.3) is 83.5 Å². The molecule has 0 aliphatic heterocycles. The predicted molar refractivity (Wildman–Crippen MR) is 247 cm³/mol. The zero-order chi connectivity index (χ0) is 41.1. The molecule has 290 valence electrons. The molecule has 0 fully saturated rings. The van der Waals surface area contributed by atoms with E-state index in [1.165, 1.54) is 32.9 Å². The molecule has 0 bridgehead atoms. The fourth-order valence-corrected chi connectivity index (χ4v) is 8.27. The van der Waals surface area contributed by atoms with Gasteiger partial charge in [0.25, 0.3) is 0 Å². The Morgan fingerprint density at radius 1 is 0.475 bits per heavy atom. The Hall–Kier alpha value is -6.78. The second-order valence-corrected chi connectivity index (χ2v) is 17.8. The molecule has 0 unspecified atom stereocenters. The number of phenols is 1. The highest BCUT2D eigenvalue weighted by Crippen LogP contribution is 2.41. The molecule has 1 N–H and O–H groups in total. The number of para-hydroxylation sites is 4. The minimum absolute atomic E-state index is 0.0387. The van der Waals surface area contributed by atoms with Crippen LogP contribution in [0, 0.1) is 6.92 Å². The molecule has 9 rings (SSSR count). The molecule has 0 spiro atoms. The number of fused-ring (bicyclic) bond motifs is 3. The number of aromatic hydroxyl groups is 1. The van der Waals surface area contributed by atoms with Crippen LogP contribution >= 0.6 is 0 Å². The Morgan fingerprint density at radius 2 is 1.07 bits per heavy atom. The first kappa shape index (κ1) is 37.8. The second kappa shape index (κ2) is 14.6. The van der Waals surface area contributed by atoms with Crippen molar-refractivity contribution in [2.24, 2.45) is 0 Å². The molecular weight excluding hydrogens is 719 g/mol. The zero-order valence-electron chi connectivity index (χ0n) is 34.9. The van der Waals surface area contributed by atoms with Gasteiger partial charge in [-0.3, -0.25) is 4.98 Å². The molecule has 0 amide bonds. The molecule has 4 heteroatoms. The topological polar surface area (TPSA) is 50.9 Å². The lowest BCUT2D eigenvalue weighted by Gasteiger charge is -2.26. The molecule has 0 radical (unpaired) electrons. The van der Waals surface area contributed by atoms with Crippen LogP contribution in [0.3, 0.4) is 0 Å². The van der Waals surface area contributed by atoms with E-state index in [1.54, 1.807) is 6.07 Å². The van der Waals surface area contributed by atoms with Crippen LogP contribution in [-0.2, 0) is 10.8 Å². The minimum atomic E-state index is -0.0387. The number of aryl methyl sites for hydroxylation is 1. The van der Waals surface area contributed by atoms with Gasteiger partial charge < -0.3 is 9.67 Å². The fourth-order valence-electron chi connectivity index (χ4n) is 8.27. The van der Waals surface area contributed by atoms with Crippen molar-refractivity contribution in [3.63, 3.8) is 0 Å². The summed E-state index contributed by atoms with van der Waals surface area (Å²) in [6.45, 7) is 15.7. The third-order valence-electron chi connectivity index (χ3n) is 11.5. The van der Waals surface area contributed by atoms with Gasteiger partial charge in [0.2, 0.25) is 0 Å². The van der Waals surface area contributed by atoms with E-state index < -0.39 is 0 Å². The van der Waals surface area contributed by atoms with Crippen molar-refractivity contribution in [1.82, 2.24) is 14.5 Å². The number of rotatable bonds is 6. The first-order valence-corrected chi connectivity index (χ1v) is 20.5. The quantitative estimate of drug-likeness (QED) is 0.183. The van der Waals surface area contributed by atoms with Gasteiger partial charge >= 0.3 is 0 Å². The lowest BCUT2D eigenvalue weighted by Crippen LogP contribution is -2.16. The lowest BCUT2D eigenvalue weighted by molar-refractivity contribution is 0.477. The Morgan fingerprint density at radius 3 is 1.80 bits per heavy atom. The number of aromatic nitrogens is 3. The van der Waals surface area contributed by atoms with Gasteiger partial charge in [-0.2, -0.15) is 0 Å². The van der Waals surface area contributed by atoms with Crippen molar-refractivity contribution in [2.45, 2.75) is 59.3 Å². The Bertz CT molecular complexity index is 3000. The van der Waals surface area contributed by atoms with Gasteiger partial charge in [0, 0.05) is 44.9 Å². The Labute approximate surface area is 347 Å². The number of nitrogens with zero attached hydrogens (tertiary/aromatic N) is 3. The van der Waals surface area contributed by atoms with Crippen molar-refractivity contribution in [3.8, 4) is 67.5 Å². The maximum atomic E-state index is 11.1. The monoisotopic (exact) mass is 767 g/mol. The smallest absolute Gasteiger partial charge is 0.124 e. The number of hydrogen-bond acceptors (Lipinski definition) is 3. The summed E-state index contributed by atoms with van der Waals surface area (Å²) in [5.41, 5.74) is 16.6. The second-order valence-electron chi connectivity index (χ2n) is 17.8. The van der Waals surface area contributed by atoms with Gasteiger partial charge in [0.1, 0.15) is 5.75 Å². The average molecular weight is 768 g/mol. The van der Waals surface area contributed by atoms with E-state index >= 15 is 0 Å². The third-order valence-corrected chi connectivity index (χ3v) is 11.5. The van der Waals surface area contributed by atoms with Gasteiger partial charge in [0.05, 0.1) is 28.1 Å². The first-order chi connectivity index (χ1) is 28.3. The summed E-state index contributed by atoms with van der Waals surface area (Å²) in [6, 6.07) is 55.5. The molecule has 3 heterocycles. The van der Waals surface area contributed by atoms with E-state index in [0.29, 0.717) is 5.56 Å². The van der Waals surface area contributed by atoms with Gasteiger partial charge in [0.15, 0.2) is 0 Å². The highest BCUT2D eigenvalue weighted by Gasteiger charge is 2.23. The Kier molecular flexibility index (Phi) is 9.32. The predicted octanol–water partition coefficient (Wildman–Crippen LogP) is 14.5. The fraction of sp³-hybridized carbons (Fsp3) is 0.164. The minimum Gasteiger partial charge on any atom is -0.507 e. The third kappa shape index (κ3) is 7.21. The summed E-state index contributed by atoms with van der Waals surface area (Å²) < 4.78 is 2.38. The molecule has 0 aliphatic rings. The van der Waals surface area contributed by atoms with Crippen molar-refractivity contribution in [3.05, 3.63) is 181 Å². The van der Waals surface area contributed by atoms with Crippen LogP contribution in [0.5, 0.6) is 5.75 Å². The molecule has 59 heavy (non-hydrogen) atoms. The van der Waals surface area contributed by atoms with Gasteiger partial charge in [-0.1, -0.05) is 126 Å². The summed E-state index contributed by atoms with van der Waals surface area (Å²) in [4.78, 5) is 10.2. The normalized spacial score (nSPS) is 12.1. The van der Waals surface area contributed by atoms with Crippen LogP contribution in [0.4, 0.5) is 0 Å². The van der Waals surface area contributed by atoms with E-state index in [2.05, 4.69) is 186 Å². The maximum Gasteiger partial charge on any atom is 0.124 e. The van der Waals surface area contributed by atoms with Crippen LogP contribution in [0.2, 0.25) is 0 Å². The SMILES string of the molecule is Cc1cc(-c2cc(-c3cccc4c5ccccc5n(-c5ccccc5)c34)ccn2)cc(-c2cc(-c3cc(C(C)(C)C)cc(C(C)(C)C)c3)cc(-c3ccccc3O)n2)c1. The first-order valence-electron chi connectivity index (χ1n) is 20.5. The maximum absolute atomic E-state index is 11.1. The largest absolute Gasteiger partial charge is 0.507 e. The van der Waals surface area contributed by atoms with Crippen molar-refractivity contribution in [1.29, 1.82) is 0 Å². The van der Waals surface area contributed by atoms with Gasteiger partial charge in [-0.15, -0.1) is 0 Å². The van der Waals surface area contributed by atoms with Gasteiger partial charge in [-0.25, -0.2) is 4.98 Å². The number of hydrogen-bond donors (Lipinski definition) is 1. The van der Waals surface area contributed by atoms with E-state index in [0.717, 1.165) is 61.7 Å². The van der Waals surface area contributed by atoms with E-state index in [4.69, 9.17) is 9.97 Å². The average Bonchev–Trinajstić information content (AvgIpc) is 3.58. The molecule has 4 nitrogen and oxygen atoms in total. The molecular formula is C55H49N3O. The summed E-state index contributed by atoms with van der Waals surface area (Å²) in [5, 5.41) is 13.5. The molecule has 0 saturated carbocycles. The summed E-state index contributed by atoms with van der Waals surface area (Å²) in [7, 11) is 0. The van der Waals surface area contributed by atoms with Crippen LogP contribution in [0.15, 0.2) is 164 Å². The van der Waals surface area contributed by atoms with E-state index in [-0.39, 0.29) is 16.6 Å². The number of pyridine rings is 2. The molecule has 9 aromatic rings. The summed E-state index contributed by atoms with van der Waals surface area (Å²) >= 11 is 0. The number of phenolic OH excluding ortho intramolecular Hbond substituents is 1. The van der Waals surface area contributed by atoms with Crippen LogP contribution < -0.4 is 0 Å². The highest BCUT2D eigenvalue weighted by atomic mass is 16.3. The molecule has 0 saturated heterocycles. The van der Waals surface area contributed by atoms with E-state index in [1.807, 2.05) is 24.4 Å². The van der Waals surface area contributed by atoms with Crippen molar-refractivity contribution in [2.75, 3.05) is 0 Å². The van der Waals surface area contributed by atoms with E-state index in [9.17, 15) is 5.11 Å². The molecule has 0 aliphatic carbocycles.